The van der Waals surface area contributed by atoms with Gasteiger partial charge in [-0.3, -0.25) is 4.79 Å². The zero-order valence-electron chi connectivity index (χ0n) is 18.4. The van der Waals surface area contributed by atoms with E-state index in [2.05, 4.69) is 39.7 Å². The number of para-hydroxylation sites is 1. The molecule has 2 aromatic carbocycles. The van der Waals surface area contributed by atoms with E-state index in [-0.39, 0.29) is 5.91 Å². The van der Waals surface area contributed by atoms with Gasteiger partial charge in [0.05, 0.1) is 66.7 Å². The number of carbonyl (C=O) groups is 1. The fourth-order valence-corrected chi connectivity index (χ4v) is 3.72. The Morgan fingerprint density at radius 2 is 1.74 bits per heavy atom. The number of rotatable bonds is 9. The number of quaternary nitrogens is 1. The highest BCUT2D eigenvalue weighted by molar-refractivity contribution is 5.87. The molecule has 0 spiro atoms. The highest BCUT2D eigenvalue weighted by Crippen LogP contribution is 2.38. The summed E-state index contributed by atoms with van der Waals surface area (Å²) >= 11 is 0. The van der Waals surface area contributed by atoms with Crippen LogP contribution in [-0.2, 0) is 4.79 Å². The van der Waals surface area contributed by atoms with Crippen molar-refractivity contribution in [2.45, 2.75) is 6.42 Å². The Kier molecular flexibility index (Phi) is 8.12. The lowest BCUT2D eigenvalue weighted by Crippen LogP contribution is -3.15. The molecule has 1 amide bonds. The zero-order valence-corrected chi connectivity index (χ0v) is 18.4. The normalized spacial score (nSPS) is 14.5. The van der Waals surface area contributed by atoms with Gasteiger partial charge in [0.25, 0.3) is 0 Å². The summed E-state index contributed by atoms with van der Waals surface area (Å²) < 4.78 is 16.1. The second kappa shape index (κ2) is 11.2. The van der Waals surface area contributed by atoms with Gasteiger partial charge in [-0.05, 0) is 24.3 Å². The zero-order chi connectivity index (χ0) is 22.1. The topological polar surface area (TPSA) is 76.8 Å². The van der Waals surface area contributed by atoms with E-state index in [0.717, 1.165) is 32.7 Å². The molecule has 166 valence electrons. The van der Waals surface area contributed by atoms with Crippen LogP contribution in [0.4, 0.5) is 5.69 Å². The number of hydrogen-bond donors (Lipinski definition) is 2. The molecule has 31 heavy (non-hydrogen) atoms. The molecule has 1 saturated heterocycles. The van der Waals surface area contributed by atoms with E-state index in [1.54, 1.807) is 39.7 Å². The number of amides is 1. The van der Waals surface area contributed by atoms with E-state index in [0.29, 0.717) is 29.2 Å². The molecule has 0 atom stereocenters. The Balaban J connectivity index is 1.45. The minimum Gasteiger partial charge on any atom is -0.493 e. The standard InChI is InChI=1S/C23H30N4O4/c1-29-20-10-9-18(22(30-2)23(20)31-3)17-24-25-21(28)11-12-26-13-15-27(16-14-26)19-7-5-4-6-8-19/h4-10,17H,11-16H2,1-3H3,(H,25,28)/p+1/b24-17-. The molecule has 0 radical (unpaired) electrons. The van der Waals surface area contributed by atoms with Crippen molar-refractivity contribution in [3.05, 3.63) is 48.0 Å². The molecule has 0 aromatic heterocycles. The number of piperazine rings is 1. The van der Waals surface area contributed by atoms with Gasteiger partial charge in [0.2, 0.25) is 11.7 Å². The number of anilines is 1. The van der Waals surface area contributed by atoms with E-state index in [4.69, 9.17) is 14.2 Å². The van der Waals surface area contributed by atoms with Crippen molar-refractivity contribution in [2.24, 2.45) is 5.10 Å². The minimum absolute atomic E-state index is 0.103. The first-order valence-electron chi connectivity index (χ1n) is 10.4. The number of carbonyl (C=O) groups excluding carboxylic acids is 1. The summed E-state index contributed by atoms with van der Waals surface area (Å²) in [5.74, 6) is 1.45. The molecule has 3 rings (SSSR count). The Morgan fingerprint density at radius 3 is 2.39 bits per heavy atom. The predicted octanol–water partition coefficient (Wildman–Crippen LogP) is 0.958. The SMILES string of the molecule is COc1ccc(/C=N\NC(=O)CC[NH+]2CCN(c3ccccc3)CC2)c(OC)c1OC. The van der Waals surface area contributed by atoms with Crippen molar-refractivity contribution < 1.29 is 23.9 Å². The van der Waals surface area contributed by atoms with E-state index in [1.165, 1.54) is 10.6 Å². The molecule has 1 aliphatic rings. The van der Waals surface area contributed by atoms with Gasteiger partial charge < -0.3 is 24.0 Å². The van der Waals surface area contributed by atoms with Crippen molar-refractivity contribution in [3.63, 3.8) is 0 Å². The summed E-state index contributed by atoms with van der Waals surface area (Å²) in [6.45, 7) is 4.84. The number of hydrogen-bond acceptors (Lipinski definition) is 6. The number of methoxy groups -OCH3 is 3. The Labute approximate surface area is 183 Å². The van der Waals surface area contributed by atoms with Gasteiger partial charge in [-0.25, -0.2) is 5.43 Å². The van der Waals surface area contributed by atoms with Crippen LogP contribution < -0.4 is 29.4 Å². The van der Waals surface area contributed by atoms with Crippen LogP contribution in [0.15, 0.2) is 47.6 Å². The van der Waals surface area contributed by atoms with Gasteiger partial charge in [0, 0.05) is 11.3 Å². The molecular weight excluding hydrogens is 396 g/mol. The molecule has 0 aliphatic carbocycles. The first-order chi connectivity index (χ1) is 15.2. The summed E-state index contributed by atoms with van der Waals surface area (Å²) in [7, 11) is 4.66. The summed E-state index contributed by atoms with van der Waals surface area (Å²) in [5, 5.41) is 4.08. The summed E-state index contributed by atoms with van der Waals surface area (Å²) in [6, 6.07) is 14.0. The predicted molar refractivity (Wildman–Crippen MR) is 121 cm³/mol. The molecule has 2 N–H and O–H groups in total. The maximum atomic E-state index is 12.2. The summed E-state index contributed by atoms with van der Waals surface area (Å²) in [6.07, 6.45) is 1.98. The van der Waals surface area contributed by atoms with E-state index in [9.17, 15) is 4.79 Å². The molecule has 8 nitrogen and oxygen atoms in total. The number of hydrazone groups is 1. The Morgan fingerprint density at radius 1 is 1.03 bits per heavy atom. The molecular formula is C23H31N4O4+. The molecule has 1 heterocycles. The van der Waals surface area contributed by atoms with Crippen molar-refractivity contribution in [2.75, 3.05) is 59.0 Å². The van der Waals surface area contributed by atoms with E-state index < -0.39 is 0 Å². The third-order valence-electron chi connectivity index (χ3n) is 5.43. The van der Waals surface area contributed by atoms with Crippen LogP contribution >= 0.6 is 0 Å². The highest BCUT2D eigenvalue weighted by atomic mass is 16.5. The van der Waals surface area contributed by atoms with Gasteiger partial charge in [-0.1, -0.05) is 18.2 Å². The molecule has 0 saturated carbocycles. The van der Waals surface area contributed by atoms with Crippen LogP contribution in [-0.4, -0.2) is 66.2 Å². The molecule has 1 fully saturated rings. The van der Waals surface area contributed by atoms with Gasteiger partial charge >= 0.3 is 0 Å². The number of ether oxygens (including phenoxy) is 3. The van der Waals surface area contributed by atoms with Crippen molar-refractivity contribution >= 4 is 17.8 Å². The minimum atomic E-state index is -0.103. The van der Waals surface area contributed by atoms with Crippen LogP contribution in [0.2, 0.25) is 0 Å². The summed E-state index contributed by atoms with van der Waals surface area (Å²) in [4.78, 5) is 16.0. The van der Waals surface area contributed by atoms with Crippen LogP contribution in [0.5, 0.6) is 17.2 Å². The van der Waals surface area contributed by atoms with E-state index in [1.807, 2.05) is 6.07 Å². The van der Waals surface area contributed by atoms with Gasteiger partial charge in [0.1, 0.15) is 0 Å². The maximum absolute atomic E-state index is 12.2. The monoisotopic (exact) mass is 427 g/mol. The van der Waals surface area contributed by atoms with Crippen LogP contribution in [0.25, 0.3) is 0 Å². The van der Waals surface area contributed by atoms with Crippen molar-refractivity contribution in [1.82, 2.24) is 5.43 Å². The van der Waals surface area contributed by atoms with Gasteiger partial charge in [0.15, 0.2) is 11.5 Å². The molecule has 8 heteroatoms. The largest absolute Gasteiger partial charge is 0.493 e. The average Bonchev–Trinajstić information content (AvgIpc) is 2.83. The number of nitrogens with zero attached hydrogens (tertiary/aromatic N) is 2. The van der Waals surface area contributed by atoms with Crippen LogP contribution in [0.3, 0.4) is 0 Å². The molecule has 0 bridgehead atoms. The fraction of sp³-hybridized carbons (Fsp3) is 0.391. The number of benzene rings is 2. The summed E-state index contributed by atoms with van der Waals surface area (Å²) in [5.41, 5.74) is 4.55. The smallest absolute Gasteiger partial charge is 0.245 e. The van der Waals surface area contributed by atoms with Crippen molar-refractivity contribution in [1.29, 1.82) is 0 Å². The third-order valence-corrected chi connectivity index (χ3v) is 5.43. The maximum Gasteiger partial charge on any atom is 0.245 e. The third kappa shape index (κ3) is 5.88. The Bertz CT molecular complexity index is 881. The lowest BCUT2D eigenvalue weighted by Gasteiger charge is -2.33. The second-order valence-electron chi connectivity index (χ2n) is 7.29. The fourth-order valence-electron chi connectivity index (χ4n) is 3.72. The van der Waals surface area contributed by atoms with Gasteiger partial charge in [-0.2, -0.15) is 5.10 Å². The van der Waals surface area contributed by atoms with Crippen molar-refractivity contribution in [3.8, 4) is 17.2 Å². The average molecular weight is 428 g/mol. The Hall–Kier alpha value is -3.26. The lowest BCUT2D eigenvalue weighted by atomic mass is 10.2. The molecule has 2 aromatic rings. The quantitative estimate of drug-likeness (QED) is 0.461. The molecule has 1 aliphatic heterocycles. The second-order valence-corrected chi connectivity index (χ2v) is 7.29. The number of nitrogens with one attached hydrogen (secondary N) is 2. The van der Waals surface area contributed by atoms with E-state index >= 15 is 0 Å². The van der Waals surface area contributed by atoms with Crippen LogP contribution in [0.1, 0.15) is 12.0 Å². The molecule has 0 unspecified atom stereocenters. The lowest BCUT2D eigenvalue weighted by molar-refractivity contribution is -0.900. The highest BCUT2D eigenvalue weighted by Gasteiger charge is 2.20. The first-order valence-corrected chi connectivity index (χ1v) is 10.4. The van der Waals surface area contributed by atoms with Crippen LogP contribution in [0, 0.1) is 0 Å². The van der Waals surface area contributed by atoms with Gasteiger partial charge in [-0.15, -0.1) is 0 Å². The first kappa shape index (κ1) is 22.4.